The Bertz CT molecular complexity index is 1650. The van der Waals surface area contributed by atoms with E-state index in [-0.39, 0.29) is 17.3 Å². The molecule has 0 spiro atoms. The first-order chi connectivity index (χ1) is 16.8. The van der Waals surface area contributed by atoms with Crippen molar-refractivity contribution < 1.29 is 4.39 Å². The molecule has 5 rings (SSSR count). The Morgan fingerprint density at radius 3 is 2.54 bits per heavy atom. The number of aromatic nitrogens is 3. The third kappa shape index (κ3) is 4.32. The normalized spacial score (nSPS) is 11.9. The highest BCUT2D eigenvalue weighted by atomic mass is 79.9. The molecule has 0 unspecified atom stereocenters. The van der Waals surface area contributed by atoms with Crippen LogP contribution in [0.15, 0.2) is 81.1 Å². The van der Waals surface area contributed by atoms with Crippen LogP contribution >= 0.6 is 15.9 Å². The van der Waals surface area contributed by atoms with E-state index in [2.05, 4.69) is 31.7 Å². The molecule has 0 atom stereocenters. The van der Waals surface area contributed by atoms with Crippen LogP contribution < -0.4 is 5.56 Å². The van der Waals surface area contributed by atoms with Crippen molar-refractivity contribution in [2.75, 3.05) is 0 Å². The molecule has 0 N–H and O–H groups in total. The summed E-state index contributed by atoms with van der Waals surface area (Å²) in [6.07, 6.45) is 1.75. The number of hydrogen-bond acceptors (Lipinski definition) is 3. The summed E-state index contributed by atoms with van der Waals surface area (Å²) in [4.78, 5) is 18.1. The molecule has 0 aliphatic carbocycles. The summed E-state index contributed by atoms with van der Waals surface area (Å²) >= 11 is 3.45. The lowest BCUT2D eigenvalue weighted by Crippen LogP contribution is -2.23. The van der Waals surface area contributed by atoms with Gasteiger partial charge < -0.3 is 4.57 Å². The van der Waals surface area contributed by atoms with Crippen LogP contribution in [0, 0.1) is 12.7 Å². The van der Waals surface area contributed by atoms with E-state index in [0.717, 1.165) is 32.2 Å². The van der Waals surface area contributed by atoms with Crippen LogP contribution in [0.1, 0.15) is 42.4 Å². The molecular formula is C28H24BrFN4O. The van der Waals surface area contributed by atoms with Gasteiger partial charge in [-0.25, -0.2) is 9.37 Å². The second-order valence-corrected chi connectivity index (χ2v) is 9.79. The summed E-state index contributed by atoms with van der Waals surface area (Å²) < 4.78 is 17.8. The number of para-hydroxylation sites is 1. The van der Waals surface area contributed by atoms with Crippen molar-refractivity contribution in [3.8, 4) is 0 Å². The average molecular weight is 531 g/mol. The zero-order valence-corrected chi connectivity index (χ0v) is 21.3. The number of benzene rings is 3. The molecule has 0 saturated heterocycles. The lowest BCUT2D eigenvalue weighted by Gasteiger charge is -2.12. The van der Waals surface area contributed by atoms with Gasteiger partial charge in [-0.1, -0.05) is 60.1 Å². The van der Waals surface area contributed by atoms with E-state index in [9.17, 15) is 9.18 Å². The van der Waals surface area contributed by atoms with Crippen LogP contribution in [0.3, 0.4) is 0 Å². The van der Waals surface area contributed by atoms with Gasteiger partial charge >= 0.3 is 0 Å². The molecule has 176 valence electrons. The molecule has 0 radical (unpaired) electrons. The molecule has 0 fully saturated rings. The summed E-state index contributed by atoms with van der Waals surface area (Å²) in [6, 6.07) is 20.1. The molecule has 0 aliphatic rings. The molecule has 0 amide bonds. The Hall–Kier alpha value is -3.58. The van der Waals surface area contributed by atoms with Crippen molar-refractivity contribution in [1.29, 1.82) is 0 Å². The standard InChI is InChI=1S/C28H24BrFN4O/c1-17(2)27-32-25-13-10-20(29)14-23(25)28(35)34(27)31-15-24-18(3)33(26-7-5-4-6-22(24)26)16-19-8-11-21(30)12-9-19/h4-15,17H,16H2,1-3H3. The van der Waals surface area contributed by atoms with E-state index >= 15 is 0 Å². The van der Waals surface area contributed by atoms with Crippen molar-refractivity contribution in [2.24, 2.45) is 5.10 Å². The molecule has 3 aromatic carbocycles. The second kappa shape index (κ2) is 9.23. The highest BCUT2D eigenvalue weighted by Crippen LogP contribution is 2.26. The van der Waals surface area contributed by atoms with Gasteiger partial charge in [0.05, 0.1) is 17.1 Å². The highest BCUT2D eigenvalue weighted by Gasteiger charge is 2.16. The number of halogens is 2. The molecule has 0 aliphatic heterocycles. The van der Waals surface area contributed by atoms with Crippen LogP contribution in [0.2, 0.25) is 0 Å². The smallest absolute Gasteiger partial charge is 0.282 e. The molecular weight excluding hydrogens is 507 g/mol. The molecule has 5 aromatic rings. The Kier molecular flexibility index (Phi) is 6.11. The topological polar surface area (TPSA) is 52.2 Å². The molecule has 2 heterocycles. The first-order valence-corrected chi connectivity index (χ1v) is 12.2. The van der Waals surface area contributed by atoms with Crippen molar-refractivity contribution in [3.05, 3.63) is 110 Å². The predicted molar refractivity (Wildman–Crippen MR) is 143 cm³/mol. The van der Waals surface area contributed by atoms with Gasteiger partial charge in [-0.05, 0) is 48.9 Å². The third-order valence-electron chi connectivity index (χ3n) is 6.19. The number of fused-ring (bicyclic) bond motifs is 2. The highest BCUT2D eigenvalue weighted by molar-refractivity contribution is 9.10. The maximum Gasteiger partial charge on any atom is 0.282 e. The molecule has 7 heteroatoms. The number of rotatable bonds is 5. The fourth-order valence-corrected chi connectivity index (χ4v) is 4.72. The quantitative estimate of drug-likeness (QED) is 0.240. The number of hydrogen-bond donors (Lipinski definition) is 0. The van der Waals surface area contributed by atoms with Crippen LogP contribution in [-0.2, 0) is 6.54 Å². The summed E-state index contributed by atoms with van der Waals surface area (Å²) in [7, 11) is 0. The van der Waals surface area contributed by atoms with Gasteiger partial charge in [0.2, 0.25) is 0 Å². The minimum atomic E-state index is -0.252. The SMILES string of the molecule is Cc1c(C=Nn2c(C(C)C)nc3ccc(Br)cc3c2=O)c2ccccc2n1Cc1ccc(F)cc1. The van der Waals surface area contributed by atoms with Gasteiger partial charge in [0.15, 0.2) is 0 Å². The zero-order valence-electron chi connectivity index (χ0n) is 19.7. The molecule has 35 heavy (non-hydrogen) atoms. The van der Waals surface area contributed by atoms with Crippen LogP contribution in [0.4, 0.5) is 4.39 Å². The van der Waals surface area contributed by atoms with Gasteiger partial charge in [-0.3, -0.25) is 4.79 Å². The monoisotopic (exact) mass is 530 g/mol. The van der Waals surface area contributed by atoms with E-state index in [1.807, 2.05) is 51.1 Å². The summed E-state index contributed by atoms with van der Waals surface area (Å²) in [6.45, 7) is 6.63. The minimum absolute atomic E-state index is 0.00816. The van der Waals surface area contributed by atoms with Gasteiger partial charge in [-0.15, -0.1) is 0 Å². The van der Waals surface area contributed by atoms with Crippen LogP contribution in [-0.4, -0.2) is 20.4 Å². The van der Waals surface area contributed by atoms with Gasteiger partial charge in [0.1, 0.15) is 11.6 Å². The van der Waals surface area contributed by atoms with Gasteiger partial charge in [0, 0.05) is 39.1 Å². The Labute approximate surface area is 210 Å². The molecule has 0 bridgehead atoms. The maximum absolute atomic E-state index is 13.4. The van der Waals surface area contributed by atoms with E-state index in [1.165, 1.54) is 16.8 Å². The largest absolute Gasteiger partial charge is 0.340 e. The number of nitrogens with zero attached hydrogens (tertiary/aromatic N) is 4. The average Bonchev–Trinajstić information content (AvgIpc) is 3.10. The third-order valence-corrected chi connectivity index (χ3v) is 6.68. The molecule has 2 aromatic heterocycles. The lowest BCUT2D eigenvalue weighted by molar-refractivity contribution is 0.626. The van der Waals surface area contributed by atoms with Gasteiger partial charge in [-0.2, -0.15) is 9.78 Å². The lowest BCUT2D eigenvalue weighted by atomic mass is 10.1. The molecule has 0 saturated carbocycles. The zero-order chi connectivity index (χ0) is 24.7. The summed E-state index contributed by atoms with van der Waals surface area (Å²) in [5.41, 5.74) is 4.44. The van der Waals surface area contributed by atoms with E-state index < -0.39 is 0 Å². The fraction of sp³-hybridized carbons (Fsp3) is 0.179. The Morgan fingerprint density at radius 1 is 1.06 bits per heavy atom. The van der Waals surface area contributed by atoms with Crippen molar-refractivity contribution >= 4 is 44.0 Å². The first kappa shape index (κ1) is 23.2. The van der Waals surface area contributed by atoms with E-state index in [1.54, 1.807) is 24.4 Å². The molecule has 5 nitrogen and oxygen atoms in total. The first-order valence-electron chi connectivity index (χ1n) is 11.4. The van der Waals surface area contributed by atoms with Crippen LogP contribution in [0.5, 0.6) is 0 Å². The van der Waals surface area contributed by atoms with E-state index in [4.69, 9.17) is 4.98 Å². The van der Waals surface area contributed by atoms with Gasteiger partial charge in [0.25, 0.3) is 5.56 Å². The minimum Gasteiger partial charge on any atom is -0.340 e. The Balaban J connectivity index is 1.65. The van der Waals surface area contributed by atoms with Crippen molar-refractivity contribution in [1.82, 2.24) is 14.2 Å². The van der Waals surface area contributed by atoms with E-state index in [0.29, 0.717) is 23.3 Å². The summed E-state index contributed by atoms with van der Waals surface area (Å²) in [5.74, 6) is 0.362. The maximum atomic E-state index is 13.4. The van der Waals surface area contributed by atoms with Crippen molar-refractivity contribution in [3.63, 3.8) is 0 Å². The van der Waals surface area contributed by atoms with Crippen molar-refractivity contribution in [2.45, 2.75) is 33.2 Å². The fourth-order valence-electron chi connectivity index (χ4n) is 4.36. The van der Waals surface area contributed by atoms with Crippen LogP contribution in [0.25, 0.3) is 21.8 Å². The second-order valence-electron chi connectivity index (χ2n) is 8.88. The predicted octanol–water partition coefficient (Wildman–Crippen LogP) is 6.62. The Morgan fingerprint density at radius 2 is 1.80 bits per heavy atom. The summed E-state index contributed by atoms with van der Waals surface area (Å²) in [5, 5.41) is 6.20.